The Morgan fingerprint density at radius 3 is 2.62 bits per heavy atom. The van der Waals surface area contributed by atoms with Crippen molar-refractivity contribution in [3.8, 4) is 0 Å². The predicted molar refractivity (Wildman–Crippen MR) is 78.2 cm³/mol. The quantitative estimate of drug-likeness (QED) is 0.807. The number of aromatic nitrogens is 5. The third-order valence-electron chi connectivity index (χ3n) is 3.94. The normalized spacial score (nSPS) is 16.1. The number of hydrogen-bond acceptors (Lipinski definition) is 4. The number of amides is 1. The Bertz CT molecular complexity index is 638. The molecule has 0 spiro atoms. The van der Waals surface area contributed by atoms with E-state index < -0.39 is 0 Å². The van der Waals surface area contributed by atoms with E-state index >= 15 is 0 Å². The van der Waals surface area contributed by atoms with Gasteiger partial charge in [-0.3, -0.25) is 15.2 Å². The third kappa shape index (κ3) is 2.96. The molecule has 2 aromatic heterocycles. The molecule has 0 aromatic carbocycles. The molecule has 0 unspecified atom stereocenters. The van der Waals surface area contributed by atoms with Gasteiger partial charge in [-0.15, -0.1) is 5.10 Å². The number of H-pyrrole nitrogens is 2. The zero-order valence-electron chi connectivity index (χ0n) is 12.4. The molecular weight excluding hydrogens is 268 g/mol. The summed E-state index contributed by atoms with van der Waals surface area (Å²) in [6.45, 7) is 3.64. The summed E-state index contributed by atoms with van der Waals surface area (Å²) in [6.07, 6.45) is 6.05. The smallest absolute Gasteiger partial charge is 0.278 e. The maximum atomic E-state index is 12.1. The molecule has 1 aliphatic rings. The number of rotatable bonds is 3. The van der Waals surface area contributed by atoms with Crippen molar-refractivity contribution < 1.29 is 4.79 Å². The summed E-state index contributed by atoms with van der Waals surface area (Å²) in [4.78, 5) is 23.7. The Morgan fingerprint density at radius 2 is 1.95 bits per heavy atom. The van der Waals surface area contributed by atoms with Gasteiger partial charge in [0, 0.05) is 11.6 Å². The van der Waals surface area contributed by atoms with E-state index in [1.807, 2.05) is 13.8 Å². The first-order valence-corrected chi connectivity index (χ1v) is 7.40. The summed E-state index contributed by atoms with van der Waals surface area (Å²) < 4.78 is 0. The molecule has 7 nitrogen and oxygen atoms in total. The van der Waals surface area contributed by atoms with E-state index in [2.05, 4.69) is 30.5 Å². The van der Waals surface area contributed by atoms with Gasteiger partial charge in [0.2, 0.25) is 5.95 Å². The number of aryl methyl sites for hydroxylation is 2. The van der Waals surface area contributed by atoms with Crippen molar-refractivity contribution in [2.75, 3.05) is 5.32 Å². The summed E-state index contributed by atoms with van der Waals surface area (Å²) in [5, 5.41) is 9.73. The average molecular weight is 288 g/mol. The highest BCUT2D eigenvalue weighted by Gasteiger charge is 2.20. The van der Waals surface area contributed by atoms with E-state index in [0.29, 0.717) is 17.6 Å². The van der Waals surface area contributed by atoms with Crippen molar-refractivity contribution in [3.63, 3.8) is 0 Å². The van der Waals surface area contributed by atoms with E-state index in [0.717, 1.165) is 30.2 Å². The lowest BCUT2D eigenvalue weighted by Gasteiger charge is -2.18. The van der Waals surface area contributed by atoms with E-state index in [4.69, 9.17) is 0 Å². The van der Waals surface area contributed by atoms with Crippen LogP contribution in [0.3, 0.4) is 0 Å². The third-order valence-corrected chi connectivity index (χ3v) is 3.94. The van der Waals surface area contributed by atoms with Crippen molar-refractivity contribution in [3.05, 3.63) is 23.0 Å². The van der Waals surface area contributed by atoms with Crippen molar-refractivity contribution in [2.45, 2.75) is 51.9 Å². The van der Waals surface area contributed by atoms with Crippen LogP contribution in [0.5, 0.6) is 0 Å². The van der Waals surface area contributed by atoms with E-state index in [9.17, 15) is 4.79 Å². The van der Waals surface area contributed by atoms with Crippen LogP contribution in [0.15, 0.2) is 0 Å². The van der Waals surface area contributed by atoms with Crippen LogP contribution in [-0.4, -0.2) is 31.1 Å². The van der Waals surface area contributed by atoms with E-state index in [1.165, 1.54) is 19.3 Å². The zero-order valence-corrected chi connectivity index (χ0v) is 12.4. The molecule has 1 amide bonds. The molecule has 1 fully saturated rings. The molecule has 2 heterocycles. The number of aromatic amines is 2. The van der Waals surface area contributed by atoms with Gasteiger partial charge in [0.15, 0.2) is 0 Å². The Balaban J connectivity index is 1.69. The maximum absolute atomic E-state index is 12.1. The summed E-state index contributed by atoms with van der Waals surface area (Å²) >= 11 is 0. The highest BCUT2D eigenvalue weighted by Crippen LogP contribution is 2.30. The summed E-state index contributed by atoms with van der Waals surface area (Å²) in [6, 6.07) is 0. The van der Waals surface area contributed by atoms with Crippen LogP contribution in [0.4, 0.5) is 5.95 Å². The standard InChI is InChI=1S/C14H20N6O/c1-8-11(16-9(2)15-8)13(21)18-14-17-12(19-20-14)10-6-4-3-5-7-10/h10H,3-7H2,1-2H3,(H,15,16)(H2,17,18,19,20,21). The molecule has 7 heteroatoms. The molecule has 0 radical (unpaired) electrons. The van der Waals surface area contributed by atoms with Crippen LogP contribution in [0.2, 0.25) is 0 Å². The molecule has 21 heavy (non-hydrogen) atoms. The fourth-order valence-electron chi connectivity index (χ4n) is 2.88. The van der Waals surface area contributed by atoms with Crippen LogP contribution < -0.4 is 5.32 Å². The van der Waals surface area contributed by atoms with Gasteiger partial charge in [0.25, 0.3) is 5.91 Å². The molecule has 1 aliphatic carbocycles. The number of nitrogens with one attached hydrogen (secondary N) is 3. The highest BCUT2D eigenvalue weighted by molar-refractivity contribution is 6.02. The second-order valence-electron chi connectivity index (χ2n) is 5.63. The largest absolute Gasteiger partial charge is 0.346 e. The minimum atomic E-state index is -0.286. The first-order valence-electron chi connectivity index (χ1n) is 7.40. The minimum Gasteiger partial charge on any atom is -0.346 e. The number of anilines is 1. The van der Waals surface area contributed by atoms with Crippen LogP contribution in [0, 0.1) is 13.8 Å². The Labute approximate surface area is 123 Å². The van der Waals surface area contributed by atoms with Gasteiger partial charge in [-0.2, -0.15) is 4.98 Å². The topological polar surface area (TPSA) is 99.3 Å². The molecule has 112 valence electrons. The molecule has 0 saturated heterocycles. The first-order chi connectivity index (χ1) is 10.1. The second kappa shape index (κ2) is 5.67. The minimum absolute atomic E-state index is 0.286. The molecule has 0 atom stereocenters. The lowest BCUT2D eigenvalue weighted by molar-refractivity contribution is 0.102. The van der Waals surface area contributed by atoms with Gasteiger partial charge in [-0.1, -0.05) is 19.3 Å². The second-order valence-corrected chi connectivity index (χ2v) is 5.63. The van der Waals surface area contributed by atoms with Crippen LogP contribution in [0.1, 0.15) is 65.9 Å². The summed E-state index contributed by atoms with van der Waals surface area (Å²) in [7, 11) is 0. The van der Waals surface area contributed by atoms with Gasteiger partial charge in [-0.25, -0.2) is 4.98 Å². The van der Waals surface area contributed by atoms with Gasteiger partial charge in [0.05, 0.1) is 0 Å². The number of hydrogen-bond donors (Lipinski definition) is 3. The molecule has 2 aromatic rings. The molecule has 3 N–H and O–H groups in total. The number of carbonyl (C=O) groups excluding carboxylic acids is 1. The monoisotopic (exact) mass is 288 g/mol. The van der Waals surface area contributed by atoms with Gasteiger partial charge in [0.1, 0.15) is 17.3 Å². The number of carbonyl (C=O) groups is 1. The predicted octanol–water partition coefficient (Wildman–Crippen LogP) is 2.44. The van der Waals surface area contributed by atoms with Crippen LogP contribution in [-0.2, 0) is 0 Å². The van der Waals surface area contributed by atoms with Crippen molar-refractivity contribution in [2.24, 2.45) is 0 Å². The average Bonchev–Trinajstić information content (AvgIpc) is 3.06. The first kappa shape index (κ1) is 13.8. The number of imidazole rings is 1. The summed E-state index contributed by atoms with van der Waals surface area (Å²) in [5.41, 5.74) is 1.13. The number of nitrogens with zero attached hydrogens (tertiary/aromatic N) is 3. The van der Waals surface area contributed by atoms with Crippen LogP contribution >= 0.6 is 0 Å². The molecular formula is C14H20N6O. The Hall–Kier alpha value is -2.18. The van der Waals surface area contributed by atoms with Crippen molar-refractivity contribution in [1.82, 2.24) is 25.1 Å². The van der Waals surface area contributed by atoms with E-state index in [1.54, 1.807) is 0 Å². The Kier molecular flexibility index (Phi) is 3.72. The Morgan fingerprint density at radius 1 is 1.19 bits per heavy atom. The van der Waals surface area contributed by atoms with Gasteiger partial charge < -0.3 is 4.98 Å². The molecule has 0 bridgehead atoms. The molecule has 1 saturated carbocycles. The van der Waals surface area contributed by atoms with Gasteiger partial charge in [-0.05, 0) is 26.7 Å². The van der Waals surface area contributed by atoms with Crippen molar-refractivity contribution in [1.29, 1.82) is 0 Å². The lowest BCUT2D eigenvalue weighted by atomic mass is 9.89. The fourth-order valence-corrected chi connectivity index (χ4v) is 2.88. The molecule has 3 rings (SSSR count). The maximum Gasteiger partial charge on any atom is 0.278 e. The highest BCUT2D eigenvalue weighted by atomic mass is 16.2. The fraction of sp³-hybridized carbons (Fsp3) is 0.571. The molecule has 0 aliphatic heterocycles. The zero-order chi connectivity index (χ0) is 14.8. The van der Waals surface area contributed by atoms with E-state index in [-0.39, 0.29) is 5.91 Å². The van der Waals surface area contributed by atoms with Gasteiger partial charge >= 0.3 is 0 Å². The SMILES string of the molecule is Cc1nc(C(=O)Nc2n[nH]c(C3CCCCC3)n2)c(C)[nH]1. The summed E-state index contributed by atoms with van der Waals surface area (Å²) in [5.74, 6) is 2.06. The van der Waals surface area contributed by atoms with Crippen LogP contribution in [0.25, 0.3) is 0 Å². The lowest BCUT2D eigenvalue weighted by Crippen LogP contribution is -2.15. The van der Waals surface area contributed by atoms with Crippen molar-refractivity contribution >= 4 is 11.9 Å².